The average molecular weight is 419 g/mol. The molecule has 0 bridgehead atoms. The van der Waals surface area contributed by atoms with Crippen LogP contribution in [-0.2, 0) is 14.3 Å². The molecule has 2 heterocycles. The fourth-order valence-corrected chi connectivity index (χ4v) is 6.51. The zero-order chi connectivity index (χ0) is 17.9. The van der Waals surface area contributed by atoms with Crippen molar-refractivity contribution in [2.75, 3.05) is 11.5 Å². The summed E-state index contributed by atoms with van der Waals surface area (Å²) < 4.78 is 5.20. The van der Waals surface area contributed by atoms with E-state index in [9.17, 15) is 9.59 Å². The van der Waals surface area contributed by atoms with E-state index in [4.69, 9.17) is 15.6 Å². The Hall–Kier alpha value is -0.930. The lowest BCUT2D eigenvalue weighted by atomic mass is 9.92. The molecule has 0 aromatic heterocycles. The van der Waals surface area contributed by atoms with Crippen LogP contribution in [0.5, 0.6) is 0 Å². The predicted molar refractivity (Wildman–Crippen MR) is 107 cm³/mol. The fraction of sp³-hybridized carbons (Fsp3) is 0.529. The molecule has 2 aliphatic rings. The summed E-state index contributed by atoms with van der Waals surface area (Å²) in [6.45, 7) is 0. The normalized spacial score (nSPS) is 25.3. The molecule has 4 N–H and O–H groups in total. The van der Waals surface area contributed by atoms with E-state index in [2.05, 4.69) is 5.32 Å². The van der Waals surface area contributed by atoms with Gasteiger partial charge in [-0.2, -0.15) is 11.8 Å². The number of nitrogens with one attached hydrogen (secondary N) is 1. The first kappa shape index (κ1) is 21.4. The number of esters is 1. The van der Waals surface area contributed by atoms with E-state index in [-0.39, 0.29) is 28.9 Å². The third-order valence-electron chi connectivity index (χ3n) is 4.56. The molecule has 26 heavy (non-hydrogen) atoms. The first-order valence-electron chi connectivity index (χ1n) is 8.25. The molecule has 6 nitrogen and oxygen atoms in total. The largest absolute Gasteiger partial charge is 0.481 e. The van der Waals surface area contributed by atoms with E-state index in [1.165, 1.54) is 0 Å². The standard InChI is InChI=1S/C17H22N2O4S2.ClH/c18-15(11-4-2-1-3-5-11)23-16(22)14-17(6-8-24-9-7-17)25-12(19-14)10-13(20)21;/h1-5,12,14-15,19H,6-10,18H2,(H,20,21);1H. The van der Waals surface area contributed by atoms with Crippen molar-refractivity contribution in [1.82, 2.24) is 5.32 Å². The summed E-state index contributed by atoms with van der Waals surface area (Å²) in [6, 6.07) is 8.66. The van der Waals surface area contributed by atoms with Gasteiger partial charge in [0, 0.05) is 10.3 Å². The van der Waals surface area contributed by atoms with Crippen LogP contribution in [0.25, 0.3) is 0 Å². The number of nitrogens with two attached hydrogens (primary N) is 1. The Bertz CT molecular complexity index is 628. The van der Waals surface area contributed by atoms with Gasteiger partial charge in [0.25, 0.3) is 0 Å². The minimum Gasteiger partial charge on any atom is -0.481 e. The molecule has 1 spiro atoms. The van der Waals surface area contributed by atoms with Gasteiger partial charge in [-0.1, -0.05) is 30.3 Å². The van der Waals surface area contributed by atoms with Gasteiger partial charge in [-0.25, -0.2) is 0 Å². The van der Waals surface area contributed by atoms with Crippen molar-refractivity contribution in [3.05, 3.63) is 35.9 Å². The summed E-state index contributed by atoms with van der Waals surface area (Å²) in [7, 11) is 0. The van der Waals surface area contributed by atoms with Crippen LogP contribution in [0.3, 0.4) is 0 Å². The van der Waals surface area contributed by atoms with Crippen molar-refractivity contribution in [1.29, 1.82) is 0 Å². The average Bonchev–Trinajstić information content (AvgIpc) is 2.93. The van der Waals surface area contributed by atoms with E-state index in [1.54, 1.807) is 11.8 Å². The van der Waals surface area contributed by atoms with Crippen LogP contribution in [-0.4, -0.2) is 44.7 Å². The van der Waals surface area contributed by atoms with Crippen molar-refractivity contribution < 1.29 is 19.4 Å². The van der Waals surface area contributed by atoms with E-state index < -0.39 is 24.2 Å². The topological polar surface area (TPSA) is 102 Å². The predicted octanol–water partition coefficient (Wildman–Crippen LogP) is 2.38. The number of carboxylic acids is 1. The summed E-state index contributed by atoms with van der Waals surface area (Å²) in [4.78, 5) is 23.9. The van der Waals surface area contributed by atoms with Gasteiger partial charge in [0.05, 0.1) is 11.8 Å². The maximum Gasteiger partial charge on any atom is 0.326 e. The van der Waals surface area contributed by atoms with Crippen molar-refractivity contribution in [2.24, 2.45) is 5.73 Å². The highest BCUT2D eigenvalue weighted by molar-refractivity contribution is 8.02. The number of hydrogen-bond acceptors (Lipinski definition) is 7. The summed E-state index contributed by atoms with van der Waals surface area (Å²) in [6.07, 6.45) is 0.861. The number of thioether (sulfide) groups is 2. The van der Waals surface area contributed by atoms with Crippen molar-refractivity contribution in [2.45, 2.75) is 41.7 Å². The Kier molecular flexibility index (Phi) is 7.66. The van der Waals surface area contributed by atoms with E-state index in [0.29, 0.717) is 0 Å². The number of ether oxygens (including phenoxy) is 1. The second-order valence-electron chi connectivity index (χ2n) is 6.25. The summed E-state index contributed by atoms with van der Waals surface area (Å²) in [5.41, 5.74) is 6.75. The van der Waals surface area contributed by atoms with E-state index >= 15 is 0 Å². The Morgan fingerprint density at radius 2 is 1.96 bits per heavy atom. The van der Waals surface area contributed by atoms with Crippen molar-refractivity contribution in [3.8, 4) is 0 Å². The lowest BCUT2D eigenvalue weighted by molar-refractivity contribution is -0.153. The third-order valence-corrected chi connectivity index (χ3v) is 7.25. The number of hydrogen-bond donors (Lipinski definition) is 3. The van der Waals surface area contributed by atoms with Crippen LogP contribution < -0.4 is 11.1 Å². The Labute approximate surface area is 167 Å². The van der Waals surface area contributed by atoms with Gasteiger partial charge in [0.2, 0.25) is 0 Å². The van der Waals surface area contributed by atoms with Gasteiger partial charge < -0.3 is 9.84 Å². The second kappa shape index (κ2) is 9.32. The number of rotatable bonds is 5. The molecule has 1 aromatic carbocycles. The van der Waals surface area contributed by atoms with Gasteiger partial charge in [0.1, 0.15) is 6.04 Å². The van der Waals surface area contributed by atoms with Crippen LogP contribution in [0.1, 0.15) is 31.1 Å². The van der Waals surface area contributed by atoms with Crippen LogP contribution in [0, 0.1) is 0 Å². The van der Waals surface area contributed by atoms with Crippen molar-refractivity contribution >= 4 is 47.9 Å². The number of benzene rings is 1. The molecule has 2 aliphatic heterocycles. The summed E-state index contributed by atoms with van der Waals surface area (Å²) >= 11 is 3.44. The van der Waals surface area contributed by atoms with Crippen LogP contribution in [0.4, 0.5) is 0 Å². The van der Waals surface area contributed by atoms with Gasteiger partial charge in [-0.3, -0.25) is 20.6 Å². The molecular formula is C17H23ClN2O4S2. The van der Waals surface area contributed by atoms with Crippen LogP contribution >= 0.6 is 35.9 Å². The number of carbonyl (C=O) groups excluding carboxylic acids is 1. The first-order chi connectivity index (χ1) is 12.0. The fourth-order valence-electron chi connectivity index (χ4n) is 3.29. The van der Waals surface area contributed by atoms with Gasteiger partial charge >= 0.3 is 11.9 Å². The van der Waals surface area contributed by atoms with Crippen LogP contribution in [0.15, 0.2) is 30.3 Å². The molecule has 3 atom stereocenters. The van der Waals surface area contributed by atoms with Crippen molar-refractivity contribution in [3.63, 3.8) is 0 Å². The minimum atomic E-state index is -0.875. The second-order valence-corrected chi connectivity index (χ2v) is 9.09. The summed E-state index contributed by atoms with van der Waals surface area (Å²) in [5.74, 6) is 0.649. The zero-order valence-corrected chi connectivity index (χ0v) is 16.6. The highest BCUT2D eigenvalue weighted by Gasteiger charge is 2.53. The highest BCUT2D eigenvalue weighted by atomic mass is 35.5. The summed E-state index contributed by atoms with van der Waals surface area (Å²) in [5, 5.41) is 12.0. The minimum absolute atomic E-state index is 0. The maximum absolute atomic E-state index is 12.8. The van der Waals surface area contributed by atoms with E-state index in [1.807, 2.05) is 42.1 Å². The Morgan fingerprint density at radius 3 is 2.58 bits per heavy atom. The molecule has 0 saturated carbocycles. The Balaban J connectivity index is 0.00000243. The SMILES string of the molecule is Cl.NC(OC(=O)C1NC(CC(=O)O)SC12CCSCC2)c1ccccc1. The molecule has 0 aliphatic carbocycles. The van der Waals surface area contributed by atoms with Crippen LogP contribution in [0.2, 0.25) is 0 Å². The van der Waals surface area contributed by atoms with Gasteiger partial charge in [0.15, 0.2) is 6.23 Å². The Morgan fingerprint density at radius 1 is 1.31 bits per heavy atom. The smallest absolute Gasteiger partial charge is 0.326 e. The molecule has 3 unspecified atom stereocenters. The molecule has 3 rings (SSSR count). The number of aliphatic carboxylic acids is 1. The highest BCUT2D eigenvalue weighted by Crippen LogP contribution is 2.48. The van der Waals surface area contributed by atoms with Gasteiger partial charge in [-0.15, -0.1) is 24.2 Å². The third kappa shape index (κ3) is 4.86. The molecule has 2 fully saturated rings. The molecule has 144 valence electrons. The monoisotopic (exact) mass is 418 g/mol. The zero-order valence-electron chi connectivity index (χ0n) is 14.1. The lowest BCUT2D eigenvalue weighted by Gasteiger charge is -2.36. The molecule has 1 aromatic rings. The number of carboxylic acid groups (broad SMARTS) is 1. The van der Waals surface area contributed by atoms with E-state index in [0.717, 1.165) is 29.9 Å². The lowest BCUT2D eigenvalue weighted by Crippen LogP contribution is -2.51. The maximum atomic E-state index is 12.8. The molecular weight excluding hydrogens is 396 g/mol. The molecule has 9 heteroatoms. The molecule has 0 radical (unpaired) electrons. The number of carbonyl (C=O) groups is 2. The first-order valence-corrected chi connectivity index (χ1v) is 10.3. The molecule has 0 amide bonds. The van der Waals surface area contributed by atoms with Gasteiger partial charge in [-0.05, 0) is 24.3 Å². The number of halogens is 1. The quantitative estimate of drug-likeness (QED) is 0.494. The molecule has 2 saturated heterocycles.